The molecule has 0 saturated carbocycles. The molecule has 0 fully saturated rings. The maximum absolute atomic E-state index is 6.66. The van der Waals surface area contributed by atoms with Crippen molar-refractivity contribution in [3.63, 3.8) is 0 Å². The summed E-state index contributed by atoms with van der Waals surface area (Å²) < 4.78 is 19.5. The Kier molecular flexibility index (Phi) is 7.91. The smallest absolute Gasteiger partial charge is 0.250 e. The lowest BCUT2D eigenvalue weighted by atomic mass is 10.0. The van der Waals surface area contributed by atoms with Crippen LogP contribution in [0.3, 0.4) is 0 Å². The molecule has 0 saturated heterocycles. The summed E-state index contributed by atoms with van der Waals surface area (Å²) in [5.41, 5.74) is 8.30. The van der Waals surface area contributed by atoms with Gasteiger partial charge in [-0.2, -0.15) is 9.97 Å². The van der Waals surface area contributed by atoms with Gasteiger partial charge < -0.3 is 13.3 Å². The van der Waals surface area contributed by atoms with Gasteiger partial charge in [0.15, 0.2) is 5.82 Å². The summed E-state index contributed by atoms with van der Waals surface area (Å²) in [6, 6.07) is 71.9. The van der Waals surface area contributed by atoms with Gasteiger partial charge in [0.25, 0.3) is 0 Å². The van der Waals surface area contributed by atoms with Crippen molar-refractivity contribution in [3.8, 4) is 0 Å². The van der Waals surface area contributed by atoms with Crippen LogP contribution in [-0.2, 0) is 0 Å². The van der Waals surface area contributed by atoms with Gasteiger partial charge in [-0.3, -0.25) is 9.80 Å². The summed E-state index contributed by atoms with van der Waals surface area (Å²) in [5, 5.41) is 14.3. The molecule has 8 nitrogen and oxygen atoms in total. The van der Waals surface area contributed by atoms with Crippen LogP contribution in [0.25, 0.3) is 109 Å². The van der Waals surface area contributed by atoms with Crippen LogP contribution >= 0.6 is 0 Å². The van der Waals surface area contributed by atoms with Gasteiger partial charge in [-0.25, -0.2) is 4.98 Å². The van der Waals surface area contributed by atoms with E-state index < -0.39 is 0 Å². The third-order valence-electron chi connectivity index (χ3n) is 13.6. The zero-order valence-corrected chi connectivity index (χ0v) is 36.7. The number of benzene rings is 10. The highest BCUT2D eigenvalue weighted by atomic mass is 16.4. The Hall–Kier alpha value is -9.53. The van der Waals surface area contributed by atoms with Gasteiger partial charge in [0.2, 0.25) is 11.4 Å². The van der Waals surface area contributed by atoms with E-state index in [-0.39, 0.29) is 0 Å². The van der Waals surface area contributed by atoms with Gasteiger partial charge in [-0.05, 0) is 140 Å². The van der Waals surface area contributed by atoms with Crippen molar-refractivity contribution in [2.24, 2.45) is 0 Å². The van der Waals surface area contributed by atoms with Crippen LogP contribution in [0.1, 0.15) is 0 Å². The Morgan fingerprint density at radius 1 is 0.290 bits per heavy atom. The average molecular weight is 886 g/mol. The highest BCUT2D eigenvalue weighted by Gasteiger charge is 2.23. The minimum Gasteiger partial charge on any atom is -0.456 e. The first-order chi connectivity index (χ1) is 34.1. The molecule has 15 rings (SSSR count). The number of pyridine rings is 1. The van der Waals surface area contributed by atoms with E-state index in [1.165, 1.54) is 21.5 Å². The normalized spacial score (nSPS) is 12.1. The standard InChI is InChI=1S/C61H35N5O3/c1-3-11-38-29-42-31-44(19-17-40(42)27-36(38)9-1)65(46-21-23-50-48-13-5-7-15-53(48)67-55(50)33-46)57-26-25-52-59-61(69-60(52)63-57)64-58(35-62-59)66(47-22-24-51-49-14-6-8-16-54(49)68-56(51)34-47)45-20-18-41-28-37-10-2-4-12-39(37)30-43(41)32-45/h1-35H. The van der Waals surface area contributed by atoms with Crippen molar-refractivity contribution in [1.29, 1.82) is 0 Å². The molecule has 0 amide bonds. The van der Waals surface area contributed by atoms with Crippen LogP contribution in [0.15, 0.2) is 226 Å². The fraction of sp³-hybridized carbons (Fsp3) is 0. The van der Waals surface area contributed by atoms with E-state index in [1.807, 2.05) is 54.7 Å². The number of nitrogens with zero attached hydrogens (tertiary/aromatic N) is 5. The molecule has 0 spiro atoms. The molecule has 322 valence electrons. The Balaban J connectivity index is 0.887. The van der Waals surface area contributed by atoms with Crippen LogP contribution in [0, 0.1) is 0 Å². The molecule has 0 bridgehead atoms. The third kappa shape index (κ3) is 5.99. The van der Waals surface area contributed by atoms with Gasteiger partial charge in [-0.15, -0.1) is 0 Å². The van der Waals surface area contributed by atoms with Gasteiger partial charge in [0.05, 0.1) is 23.0 Å². The van der Waals surface area contributed by atoms with Gasteiger partial charge in [0, 0.05) is 45.1 Å². The lowest BCUT2D eigenvalue weighted by Gasteiger charge is -2.24. The Bertz CT molecular complexity index is 4320. The first kappa shape index (κ1) is 37.7. The molecule has 5 aromatic heterocycles. The fourth-order valence-electron chi connectivity index (χ4n) is 10.3. The van der Waals surface area contributed by atoms with E-state index >= 15 is 0 Å². The van der Waals surface area contributed by atoms with E-state index in [0.717, 1.165) is 93.6 Å². The van der Waals surface area contributed by atoms with E-state index in [1.54, 1.807) is 0 Å². The van der Waals surface area contributed by atoms with E-state index in [2.05, 4.69) is 168 Å². The first-order valence-corrected chi connectivity index (χ1v) is 23.0. The van der Waals surface area contributed by atoms with Crippen molar-refractivity contribution >= 4 is 144 Å². The summed E-state index contributed by atoms with van der Waals surface area (Å²) in [4.78, 5) is 19.8. The average Bonchev–Trinajstić information content (AvgIpc) is 4.08. The predicted molar refractivity (Wildman–Crippen MR) is 281 cm³/mol. The largest absolute Gasteiger partial charge is 0.456 e. The SMILES string of the molecule is c1ccc2cc3cc(N(c4ccc5c(c4)oc4ccccc45)c4ccc5c(n4)oc4nc(N(c6ccc7cc8ccccc8cc7c6)c6ccc7c(c6)oc6ccccc67)cnc45)ccc3cc2c1. The van der Waals surface area contributed by atoms with Gasteiger partial charge >= 0.3 is 0 Å². The van der Waals surface area contributed by atoms with Crippen molar-refractivity contribution in [2.45, 2.75) is 0 Å². The minimum absolute atomic E-state index is 0.376. The van der Waals surface area contributed by atoms with Crippen molar-refractivity contribution in [2.75, 3.05) is 9.80 Å². The second kappa shape index (κ2) is 14.5. The molecule has 8 heteroatoms. The fourth-order valence-corrected chi connectivity index (χ4v) is 10.3. The van der Waals surface area contributed by atoms with E-state index in [4.69, 9.17) is 28.2 Å². The van der Waals surface area contributed by atoms with Crippen molar-refractivity contribution in [1.82, 2.24) is 15.0 Å². The van der Waals surface area contributed by atoms with E-state index in [9.17, 15) is 0 Å². The number of furan rings is 3. The molecule has 69 heavy (non-hydrogen) atoms. The summed E-state index contributed by atoms with van der Waals surface area (Å²) in [7, 11) is 0. The molecule has 0 aliphatic carbocycles. The molecule has 5 heterocycles. The summed E-state index contributed by atoms with van der Waals surface area (Å²) in [5.74, 6) is 1.25. The lowest BCUT2D eigenvalue weighted by Crippen LogP contribution is -2.12. The molecular formula is C61H35N5O3. The Morgan fingerprint density at radius 3 is 1.28 bits per heavy atom. The molecular weight excluding hydrogens is 851 g/mol. The highest BCUT2D eigenvalue weighted by molar-refractivity contribution is 6.09. The number of hydrogen-bond donors (Lipinski definition) is 0. The monoisotopic (exact) mass is 885 g/mol. The second-order valence-corrected chi connectivity index (χ2v) is 17.7. The summed E-state index contributed by atoms with van der Waals surface area (Å²) in [6.07, 6.45) is 1.81. The number of aromatic nitrogens is 3. The zero-order valence-electron chi connectivity index (χ0n) is 36.7. The Labute approximate surface area is 392 Å². The maximum Gasteiger partial charge on any atom is 0.250 e. The molecule has 10 aromatic carbocycles. The van der Waals surface area contributed by atoms with Crippen LogP contribution in [-0.4, -0.2) is 15.0 Å². The van der Waals surface area contributed by atoms with E-state index in [0.29, 0.717) is 28.6 Å². The predicted octanol–water partition coefficient (Wildman–Crippen LogP) is 17.1. The quantitative estimate of drug-likeness (QED) is 0.153. The highest BCUT2D eigenvalue weighted by Crippen LogP contribution is 2.43. The summed E-state index contributed by atoms with van der Waals surface area (Å²) in [6.45, 7) is 0. The molecule has 0 radical (unpaired) electrons. The number of para-hydroxylation sites is 2. The molecule has 0 N–H and O–H groups in total. The zero-order chi connectivity index (χ0) is 45.2. The Morgan fingerprint density at radius 2 is 0.710 bits per heavy atom. The van der Waals surface area contributed by atoms with Crippen molar-refractivity contribution < 1.29 is 13.3 Å². The van der Waals surface area contributed by atoms with Gasteiger partial charge in [0.1, 0.15) is 33.7 Å². The summed E-state index contributed by atoms with van der Waals surface area (Å²) >= 11 is 0. The van der Waals surface area contributed by atoms with Crippen LogP contribution < -0.4 is 9.80 Å². The number of hydrogen-bond acceptors (Lipinski definition) is 8. The van der Waals surface area contributed by atoms with Crippen LogP contribution in [0.5, 0.6) is 0 Å². The molecule has 15 aromatic rings. The number of fused-ring (bicyclic) bond motifs is 13. The molecule has 0 unspecified atom stereocenters. The second-order valence-electron chi connectivity index (χ2n) is 17.7. The minimum atomic E-state index is 0.376. The molecule has 0 aliphatic rings. The van der Waals surface area contributed by atoms with Crippen LogP contribution in [0.2, 0.25) is 0 Å². The third-order valence-corrected chi connectivity index (χ3v) is 13.6. The first-order valence-electron chi connectivity index (χ1n) is 23.0. The van der Waals surface area contributed by atoms with Crippen LogP contribution in [0.4, 0.5) is 34.4 Å². The molecule has 0 aliphatic heterocycles. The lowest BCUT2D eigenvalue weighted by molar-refractivity contribution is 0.639. The van der Waals surface area contributed by atoms with Gasteiger partial charge in [-0.1, -0.05) is 97.1 Å². The number of rotatable bonds is 6. The number of anilines is 6. The maximum atomic E-state index is 6.66. The van der Waals surface area contributed by atoms with Crippen molar-refractivity contribution in [3.05, 3.63) is 212 Å². The topological polar surface area (TPSA) is 84.6 Å². The molecule has 0 atom stereocenters.